The van der Waals surface area contributed by atoms with Gasteiger partial charge in [-0.15, -0.1) is 0 Å². The minimum absolute atomic E-state index is 0.0455. The second-order valence-corrected chi connectivity index (χ2v) is 6.41. The Hall–Kier alpha value is -2.39. The Balaban J connectivity index is 1.60. The minimum Gasteiger partial charge on any atom is -0.372 e. The zero-order chi connectivity index (χ0) is 17.6. The van der Waals surface area contributed by atoms with Crippen LogP contribution in [0.5, 0.6) is 0 Å². The molecule has 0 radical (unpaired) electrons. The van der Waals surface area contributed by atoms with Crippen molar-refractivity contribution in [3.05, 3.63) is 78.1 Å². The molecule has 25 heavy (non-hydrogen) atoms. The van der Waals surface area contributed by atoms with E-state index < -0.39 is 0 Å². The third kappa shape index (κ3) is 4.37. The van der Waals surface area contributed by atoms with E-state index in [1.165, 1.54) is 28.6 Å². The summed E-state index contributed by atoms with van der Waals surface area (Å²) in [6.45, 7) is 4.10. The van der Waals surface area contributed by atoms with Gasteiger partial charge in [0.25, 0.3) is 0 Å². The van der Waals surface area contributed by atoms with Crippen molar-refractivity contribution in [3.63, 3.8) is 0 Å². The lowest BCUT2D eigenvalue weighted by Gasteiger charge is -2.24. The fourth-order valence-corrected chi connectivity index (χ4v) is 3.22. The van der Waals surface area contributed by atoms with Crippen LogP contribution in [0.15, 0.2) is 66.7 Å². The molecule has 0 heterocycles. The smallest absolute Gasteiger partial charge is 0.123 e. The molecule has 0 fully saturated rings. The monoisotopic (exact) mass is 336 g/mol. The van der Waals surface area contributed by atoms with Gasteiger partial charge < -0.3 is 10.6 Å². The number of nitrogens with two attached hydrogens (primary N) is 1. The summed E-state index contributed by atoms with van der Waals surface area (Å²) in [5.41, 5.74) is 8.49. The van der Waals surface area contributed by atoms with E-state index in [0.717, 1.165) is 31.5 Å². The van der Waals surface area contributed by atoms with Crippen molar-refractivity contribution in [2.75, 3.05) is 18.0 Å². The van der Waals surface area contributed by atoms with Crippen LogP contribution in [0.1, 0.15) is 31.4 Å². The van der Waals surface area contributed by atoms with Crippen molar-refractivity contribution in [1.82, 2.24) is 0 Å². The Morgan fingerprint density at radius 3 is 2.40 bits per heavy atom. The molecule has 1 atom stereocenters. The summed E-state index contributed by atoms with van der Waals surface area (Å²) in [5, 5.41) is 2.53. The van der Waals surface area contributed by atoms with Gasteiger partial charge in [0.05, 0.1) is 0 Å². The van der Waals surface area contributed by atoms with Gasteiger partial charge in [-0.25, -0.2) is 4.39 Å². The maximum Gasteiger partial charge on any atom is 0.123 e. The highest BCUT2D eigenvalue weighted by Gasteiger charge is 2.09. The van der Waals surface area contributed by atoms with Gasteiger partial charge in [-0.3, -0.25) is 0 Å². The Morgan fingerprint density at radius 1 is 0.960 bits per heavy atom. The highest BCUT2D eigenvalue weighted by Crippen LogP contribution is 2.23. The van der Waals surface area contributed by atoms with Crippen molar-refractivity contribution < 1.29 is 4.39 Å². The molecule has 0 aliphatic heterocycles. The number of benzene rings is 3. The summed E-state index contributed by atoms with van der Waals surface area (Å²) in [4.78, 5) is 2.38. The molecule has 0 amide bonds. The zero-order valence-electron chi connectivity index (χ0n) is 14.7. The van der Waals surface area contributed by atoms with Crippen LogP contribution in [0, 0.1) is 5.82 Å². The molecule has 0 saturated heterocycles. The lowest BCUT2D eigenvalue weighted by molar-refractivity contribution is 0.596. The number of fused-ring (bicyclic) bond motifs is 1. The first kappa shape index (κ1) is 17.4. The third-order valence-corrected chi connectivity index (χ3v) is 4.72. The lowest BCUT2D eigenvalue weighted by Crippen LogP contribution is -2.24. The predicted molar refractivity (Wildman–Crippen MR) is 104 cm³/mol. The predicted octanol–water partition coefficient (Wildman–Crippen LogP) is 5.29. The molecule has 2 N–H and O–H groups in total. The van der Waals surface area contributed by atoms with Gasteiger partial charge in [-0.1, -0.05) is 42.5 Å². The van der Waals surface area contributed by atoms with Crippen LogP contribution in [-0.4, -0.2) is 13.1 Å². The first-order chi connectivity index (χ1) is 12.2. The molecule has 0 aliphatic carbocycles. The quantitative estimate of drug-likeness (QED) is 0.635. The van der Waals surface area contributed by atoms with Gasteiger partial charge >= 0.3 is 0 Å². The highest BCUT2D eigenvalue weighted by atomic mass is 19.1. The van der Waals surface area contributed by atoms with E-state index in [1.54, 1.807) is 12.1 Å². The van der Waals surface area contributed by atoms with Crippen molar-refractivity contribution in [2.45, 2.75) is 25.8 Å². The SMILES string of the molecule is CCN(CCCC(N)c1ccc(F)cc1)c1ccc2ccccc2c1. The van der Waals surface area contributed by atoms with Crippen LogP contribution in [0.4, 0.5) is 10.1 Å². The maximum atomic E-state index is 13.0. The molecule has 0 spiro atoms. The van der Waals surface area contributed by atoms with E-state index in [-0.39, 0.29) is 11.9 Å². The second-order valence-electron chi connectivity index (χ2n) is 6.41. The molecular formula is C22H25FN2. The number of hydrogen-bond donors (Lipinski definition) is 1. The Kier molecular flexibility index (Phi) is 5.67. The van der Waals surface area contributed by atoms with E-state index in [9.17, 15) is 4.39 Å². The first-order valence-corrected chi connectivity index (χ1v) is 8.92. The summed E-state index contributed by atoms with van der Waals surface area (Å²) >= 11 is 0. The molecule has 0 aromatic heterocycles. The van der Waals surface area contributed by atoms with Crippen LogP contribution in [0.25, 0.3) is 10.8 Å². The van der Waals surface area contributed by atoms with Gasteiger partial charge in [0, 0.05) is 24.8 Å². The Morgan fingerprint density at radius 2 is 1.68 bits per heavy atom. The summed E-state index contributed by atoms with van der Waals surface area (Å²) < 4.78 is 13.0. The Labute approximate surface area is 149 Å². The first-order valence-electron chi connectivity index (χ1n) is 8.92. The van der Waals surface area contributed by atoms with Gasteiger partial charge in [-0.2, -0.15) is 0 Å². The molecule has 3 rings (SSSR count). The topological polar surface area (TPSA) is 29.3 Å². The van der Waals surface area contributed by atoms with Crippen molar-refractivity contribution >= 4 is 16.5 Å². The number of anilines is 1. The number of rotatable bonds is 7. The molecule has 1 unspecified atom stereocenters. The third-order valence-electron chi connectivity index (χ3n) is 4.72. The average molecular weight is 336 g/mol. The summed E-state index contributed by atoms with van der Waals surface area (Å²) in [5.74, 6) is -0.218. The van der Waals surface area contributed by atoms with Crippen LogP contribution < -0.4 is 10.6 Å². The minimum atomic E-state index is -0.218. The van der Waals surface area contributed by atoms with Crippen LogP contribution in [-0.2, 0) is 0 Å². The number of halogens is 1. The van der Waals surface area contributed by atoms with Gasteiger partial charge in [0.15, 0.2) is 0 Å². The highest BCUT2D eigenvalue weighted by molar-refractivity contribution is 5.85. The van der Waals surface area contributed by atoms with Gasteiger partial charge in [-0.05, 0) is 60.4 Å². The van der Waals surface area contributed by atoms with Crippen LogP contribution in [0.2, 0.25) is 0 Å². The maximum absolute atomic E-state index is 13.0. The molecule has 3 aromatic carbocycles. The van der Waals surface area contributed by atoms with E-state index in [4.69, 9.17) is 5.73 Å². The normalized spacial score (nSPS) is 12.3. The molecule has 0 bridgehead atoms. The number of nitrogens with zero attached hydrogens (tertiary/aromatic N) is 1. The average Bonchev–Trinajstić information content (AvgIpc) is 2.65. The van der Waals surface area contributed by atoms with Crippen LogP contribution in [0.3, 0.4) is 0 Å². The fourth-order valence-electron chi connectivity index (χ4n) is 3.22. The standard InChI is InChI=1S/C22H25FN2/c1-2-25(21-14-11-17-6-3-4-7-19(17)16-21)15-5-8-22(24)18-9-12-20(23)13-10-18/h3-4,6-7,9-14,16,22H,2,5,8,15,24H2,1H3. The lowest BCUT2D eigenvalue weighted by atomic mass is 10.0. The molecule has 0 saturated carbocycles. The van der Waals surface area contributed by atoms with E-state index in [0.29, 0.717) is 0 Å². The van der Waals surface area contributed by atoms with Gasteiger partial charge in [0.2, 0.25) is 0 Å². The van der Waals surface area contributed by atoms with Gasteiger partial charge in [0.1, 0.15) is 5.82 Å². The Bertz CT molecular complexity index is 814. The van der Waals surface area contributed by atoms with E-state index in [1.807, 2.05) is 0 Å². The van der Waals surface area contributed by atoms with Crippen molar-refractivity contribution in [1.29, 1.82) is 0 Å². The molecular weight excluding hydrogens is 311 g/mol. The molecule has 3 heteroatoms. The van der Waals surface area contributed by atoms with E-state index >= 15 is 0 Å². The second kappa shape index (κ2) is 8.13. The molecule has 3 aromatic rings. The fraction of sp³-hybridized carbons (Fsp3) is 0.273. The van der Waals surface area contributed by atoms with Crippen molar-refractivity contribution in [3.8, 4) is 0 Å². The summed E-state index contributed by atoms with van der Waals surface area (Å²) in [6, 6.07) is 21.5. The largest absolute Gasteiger partial charge is 0.372 e. The summed E-state index contributed by atoms with van der Waals surface area (Å²) in [7, 11) is 0. The van der Waals surface area contributed by atoms with E-state index in [2.05, 4.69) is 54.3 Å². The summed E-state index contributed by atoms with van der Waals surface area (Å²) in [6.07, 6.45) is 1.88. The molecule has 130 valence electrons. The van der Waals surface area contributed by atoms with Crippen molar-refractivity contribution in [2.24, 2.45) is 5.73 Å². The molecule has 2 nitrogen and oxygen atoms in total. The molecule has 0 aliphatic rings. The zero-order valence-corrected chi connectivity index (χ0v) is 14.7. The van der Waals surface area contributed by atoms with Crippen LogP contribution >= 0.6 is 0 Å². The number of hydrogen-bond acceptors (Lipinski definition) is 2.